The van der Waals surface area contributed by atoms with Crippen molar-refractivity contribution < 1.29 is 9.22 Å². The van der Waals surface area contributed by atoms with Crippen molar-refractivity contribution in [1.82, 2.24) is 0 Å². The summed E-state index contributed by atoms with van der Waals surface area (Å²) >= 11 is 0. The summed E-state index contributed by atoms with van der Waals surface area (Å²) in [5, 5.41) is 0.235. The molecule has 0 heterocycles. The van der Waals surface area contributed by atoms with E-state index in [0.29, 0.717) is 0 Å². The molecule has 0 radical (unpaired) electrons. The average Bonchev–Trinajstić information content (AvgIpc) is 2.69. The molecule has 19 heavy (non-hydrogen) atoms. The van der Waals surface area contributed by atoms with Crippen LogP contribution in [0.25, 0.3) is 0 Å². The van der Waals surface area contributed by atoms with E-state index in [0.717, 1.165) is 24.7 Å². The van der Waals surface area contributed by atoms with E-state index in [1.54, 1.807) is 0 Å². The van der Waals surface area contributed by atoms with Gasteiger partial charge in [-0.05, 0) is 48.2 Å². The van der Waals surface area contributed by atoms with Gasteiger partial charge in [-0.1, -0.05) is 32.9 Å². The monoisotopic (exact) mass is 276 g/mol. The fourth-order valence-corrected chi connectivity index (χ4v) is 3.64. The Kier molecular flexibility index (Phi) is 3.71. The molecule has 0 aromatic heterocycles. The van der Waals surface area contributed by atoms with Gasteiger partial charge >= 0.3 is 0 Å². The van der Waals surface area contributed by atoms with Crippen LogP contribution in [0.3, 0.4) is 0 Å². The lowest BCUT2D eigenvalue weighted by Crippen LogP contribution is -2.41. The maximum absolute atomic E-state index is 10.8. The number of carbonyl (C=O) groups excluding carboxylic acids is 1. The van der Waals surface area contributed by atoms with Crippen LogP contribution in [-0.2, 0) is 10.8 Å². The summed E-state index contributed by atoms with van der Waals surface area (Å²) in [5.74, 6) is 0. The molecule has 0 amide bonds. The quantitative estimate of drug-likeness (QED) is 0.600. The van der Waals surface area contributed by atoms with E-state index in [-0.39, 0.29) is 11.1 Å². The largest absolute Gasteiger partial charge is 0.410 e. The second-order valence-corrected chi connectivity index (χ2v) is 11.7. The average molecular weight is 276 g/mol. The van der Waals surface area contributed by atoms with Crippen molar-refractivity contribution in [3.8, 4) is 0 Å². The van der Waals surface area contributed by atoms with Crippen LogP contribution in [0, 0.1) is 0 Å². The first-order valence-electron chi connectivity index (χ1n) is 7.00. The van der Waals surface area contributed by atoms with Gasteiger partial charge in [0.05, 0.1) is 6.10 Å². The van der Waals surface area contributed by atoms with Gasteiger partial charge in [0.25, 0.3) is 0 Å². The molecule has 3 heteroatoms. The topological polar surface area (TPSA) is 26.3 Å². The zero-order valence-corrected chi connectivity index (χ0v) is 13.6. The van der Waals surface area contributed by atoms with Crippen molar-refractivity contribution in [2.75, 3.05) is 0 Å². The van der Waals surface area contributed by atoms with Crippen molar-refractivity contribution in [2.24, 2.45) is 0 Å². The first kappa shape index (κ1) is 14.5. The van der Waals surface area contributed by atoms with Crippen molar-refractivity contribution in [3.63, 3.8) is 0 Å². The minimum Gasteiger partial charge on any atom is -0.410 e. The molecule has 1 unspecified atom stereocenters. The number of hydrogen-bond acceptors (Lipinski definition) is 2. The van der Waals surface area contributed by atoms with Crippen LogP contribution >= 0.6 is 0 Å². The summed E-state index contributed by atoms with van der Waals surface area (Å²) < 4.78 is 6.51. The molecule has 0 fully saturated rings. The summed E-state index contributed by atoms with van der Waals surface area (Å²) in [4.78, 5) is 10.8. The van der Waals surface area contributed by atoms with Crippen molar-refractivity contribution in [2.45, 2.75) is 57.8 Å². The summed E-state index contributed by atoms with van der Waals surface area (Å²) in [5.41, 5.74) is 3.34. The zero-order chi connectivity index (χ0) is 14.3. The smallest absolute Gasteiger partial charge is 0.192 e. The van der Waals surface area contributed by atoms with Crippen molar-refractivity contribution >= 4 is 14.6 Å². The fraction of sp³-hybridized carbons (Fsp3) is 0.562. The van der Waals surface area contributed by atoms with E-state index in [1.807, 2.05) is 12.1 Å². The van der Waals surface area contributed by atoms with E-state index in [1.165, 1.54) is 11.1 Å². The number of hydrogen-bond donors (Lipinski definition) is 0. The molecule has 1 aliphatic rings. The fourth-order valence-electron chi connectivity index (χ4n) is 2.33. The molecule has 1 aromatic rings. The van der Waals surface area contributed by atoms with Crippen molar-refractivity contribution in [3.05, 3.63) is 34.9 Å². The van der Waals surface area contributed by atoms with Crippen LogP contribution < -0.4 is 0 Å². The molecule has 0 bridgehead atoms. The maximum atomic E-state index is 10.8. The maximum Gasteiger partial charge on any atom is 0.192 e. The van der Waals surface area contributed by atoms with Crippen LogP contribution in [0.2, 0.25) is 18.1 Å². The second kappa shape index (κ2) is 4.87. The van der Waals surface area contributed by atoms with Gasteiger partial charge in [-0.2, -0.15) is 0 Å². The van der Waals surface area contributed by atoms with Crippen LogP contribution in [0.5, 0.6) is 0 Å². The number of fused-ring (bicyclic) bond motifs is 1. The van der Waals surface area contributed by atoms with E-state index in [9.17, 15) is 4.79 Å². The van der Waals surface area contributed by atoms with Gasteiger partial charge in [-0.25, -0.2) is 0 Å². The van der Waals surface area contributed by atoms with E-state index in [4.69, 9.17) is 4.43 Å². The van der Waals surface area contributed by atoms with E-state index < -0.39 is 8.32 Å². The SMILES string of the molecule is CC(C)(C)[Si](C)(C)OC1CCc2cc(C=O)ccc21. The van der Waals surface area contributed by atoms with E-state index in [2.05, 4.69) is 39.9 Å². The Morgan fingerprint density at radius 2 is 2.00 bits per heavy atom. The molecule has 0 aliphatic heterocycles. The lowest BCUT2D eigenvalue weighted by atomic mass is 10.1. The minimum atomic E-state index is -1.73. The highest BCUT2D eigenvalue weighted by molar-refractivity contribution is 6.74. The molecule has 2 nitrogen and oxygen atoms in total. The predicted octanol–water partition coefficient (Wildman–Crippen LogP) is 4.51. The third-order valence-corrected chi connectivity index (χ3v) is 9.06. The van der Waals surface area contributed by atoms with Crippen LogP contribution in [0.15, 0.2) is 18.2 Å². The minimum absolute atomic E-state index is 0.219. The molecule has 104 valence electrons. The normalized spacial score (nSPS) is 19.3. The number of rotatable bonds is 3. The molecular formula is C16H24O2Si. The van der Waals surface area contributed by atoms with Gasteiger partial charge in [-0.3, -0.25) is 4.79 Å². The predicted molar refractivity (Wildman–Crippen MR) is 81.2 cm³/mol. The molecule has 1 aromatic carbocycles. The highest BCUT2D eigenvalue weighted by atomic mass is 28.4. The second-order valence-electron chi connectivity index (χ2n) is 6.98. The number of benzene rings is 1. The Balaban J connectivity index is 2.22. The van der Waals surface area contributed by atoms with Gasteiger partial charge in [0, 0.05) is 5.56 Å². The highest BCUT2D eigenvalue weighted by Gasteiger charge is 2.40. The zero-order valence-electron chi connectivity index (χ0n) is 12.6. The molecule has 1 atom stereocenters. The Morgan fingerprint density at radius 1 is 1.32 bits per heavy atom. The lowest BCUT2D eigenvalue weighted by Gasteiger charge is -2.38. The number of carbonyl (C=O) groups is 1. The van der Waals surface area contributed by atoms with Gasteiger partial charge in [0.2, 0.25) is 0 Å². The van der Waals surface area contributed by atoms with Gasteiger partial charge in [0.15, 0.2) is 8.32 Å². The lowest BCUT2D eigenvalue weighted by molar-refractivity contribution is 0.112. The van der Waals surface area contributed by atoms with Gasteiger partial charge in [0.1, 0.15) is 6.29 Å². The Morgan fingerprint density at radius 3 is 2.58 bits per heavy atom. The Hall–Kier alpha value is -0.933. The van der Waals surface area contributed by atoms with Gasteiger partial charge in [-0.15, -0.1) is 0 Å². The molecular weight excluding hydrogens is 252 g/mol. The first-order valence-corrected chi connectivity index (χ1v) is 9.91. The third-order valence-electron chi connectivity index (χ3n) is 4.57. The van der Waals surface area contributed by atoms with Crippen LogP contribution in [-0.4, -0.2) is 14.6 Å². The molecule has 1 aliphatic carbocycles. The summed E-state index contributed by atoms with van der Waals surface area (Å²) in [6, 6.07) is 5.99. The van der Waals surface area contributed by atoms with Crippen LogP contribution in [0.1, 0.15) is 54.8 Å². The summed E-state index contributed by atoms with van der Waals surface area (Å²) in [6.07, 6.45) is 3.21. The molecule has 2 rings (SSSR count). The molecule has 0 saturated carbocycles. The summed E-state index contributed by atoms with van der Waals surface area (Å²) in [6.45, 7) is 11.4. The molecule has 0 saturated heterocycles. The van der Waals surface area contributed by atoms with E-state index >= 15 is 0 Å². The third kappa shape index (κ3) is 2.82. The molecule has 0 N–H and O–H groups in total. The van der Waals surface area contributed by atoms with Gasteiger partial charge < -0.3 is 4.43 Å². The first-order chi connectivity index (χ1) is 8.74. The Bertz CT molecular complexity index is 486. The summed E-state index contributed by atoms with van der Waals surface area (Å²) in [7, 11) is -1.73. The standard InChI is InChI=1S/C16H24O2Si/c1-16(2,3)19(4,5)18-15-9-7-13-10-12(11-17)6-8-14(13)15/h6,8,10-11,15H,7,9H2,1-5H3. The van der Waals surface area contributed by atoms with Crippen LogP contribution in [0.4, 0.5) is 0 Å². The number of aldehydes is 1. The highest BCUT2D eigenvalue weighted by Crippen LogP contribution is 2.43. The molecule has 0 spiro atoms. The number of aryl methyl sites for hydroxylation is 1. The van der Waals surface area contributed by atoms with Crippen molar-refractivity contribution in [1.29, 1.82) is 0 Å². The Labute approximate surface area is 117 Å².